The summed E-state index contributed by atoms with van der Waals surface area (Å²) in [7, 11) is 1.52. The van der Waals surface area contributed by atoms with E-state index in [1.165, 1.54) is 7.11 Å². The van der Waals surface area contributed by atoms with Gasteiger partial charge in [0, 0.05) is 43.9 Å². The van der Waals surface area contributed by atoms with Gasteiger partial charge in [-0.05, 0) is 29.7 Å². The van der Waals surface area contributed by atoms with Crippen LogP contribution < -0.4 is 4.74 Å². The molecule has 1 aliphatic rings. The average Bonchev–Trinajstić information content (AvgIpc) is 2.85. The van der Waals surface area contributed by atoms with Gasteiger partial charge in [-0.1, -0.05) is 54.6 Å². The van der Waals surface area contributed by atoms with Crippen molar-refractivity contribution in [3.63, 3.8) is 0 Å². The van der Waals surface area contributed by atoms with E-state index in [4.69, 9.17) is 4.74 Å². The van der Waals surface area contributed by atoms with Crippen LogP contribution in [0.25, 0.3) is 11.1 Å². The summed E-state index contributed by atoms with van der Waals surface area (Å²) in [6, 6.07) is 20.9. The molecular formula is C26H27N3O3. The third-order valence-corrected chi connectivity index (χ3v) is 5.93. The summed E-state index contributed by atoms with van der Waals surface area (Å²) in [4.78, 5) is 34.4. The molecule has 1 fully saturated rings. The Morgan fingerprint density at radius 2 is 1.81 bits per heavy atom. The first-order chi connectivity index (χ1) is 15.6. The molecule has 0 bridgehead atoms. The van der Waals surface area contributed by atoms with Crippen molar-refractivity contribution in [2.45, 2.75) is 19.4 Å². The van der Waals surface area contributed by atoms with E-state index in [0.29, 0.717) is 37.5 Å². The fourth-order valence-corrected chi connectivity index (χ4v) is 4.22. The minimum absolute atomic E-state index is 0.0176. The second kappa shape index (κ2) is 9.64. The second-order valence-corrected chi connectivity index (χ2v) is 7.75. The molecule has 0 radical (unpaired) electrons. The molecule has 1 aromatic heterocycles. The fraction of sp³-hybridized carbons (Fsp3) is 0.269. The molecule has 2 aromatic carbocycles. The van der Waals surface area contributed by atoms with Gasteiger partial charge < -0.3 is 14.5 Å². The van der Waals surface area contributed by atoms with Crippen LogP contribution in [0.2, 0.25) is 0 Å². The molecule has 0 spiro atoms. The fourth-order valence-electron chi connectivity index (χ4n) is 4.22. The minimum atomic E-state index is -0.569. The molecule has 1 unspecified atom stereocenters. The molecule has 3 aromatic rings. The Labute approximate surface area is 188 Å². The van der Waals surface area contributed by atoms with Crippen molar-refractivity contribution in [1.29, 1.82) is 0 Å². The van der Waals surface area contributed by atoms with Crippen molar-refractivity contribution in [1.82, 2.24) is 14.8 Å². The molecule has 1 atom stereocenters. The number of hydrogen-bond acceptors (Lipinski definition) is 4. The van der Waals surface area contributed by atoms with Gasteiger partial charge in [0.25, 0.3) is 5.91 Å². The van der Waals surface area contributed by atoms with Gasteiger partial charge in [-0.3, -0.25) is 9.59 Å². The summed E-state index contributed by atoms with van der Waals surface area (Å²) in [6.07, 6.45) is 2.00. The smallest absolute Gasteiger partial charge is 0.254 e. The Balaban J connectivity index is 1.69. The van der Waals surface area contributed by atoms with Crippen molar-refractivity contribution >= 4 is 11.8 Å². The van der Waals surface area contributed by atoms with E-state index in [1.807, 2.05) is 48.2 Å². The molecule has 2 heterocycles. The molecule has 1 aliphatic heterocycles. The van der Waals surface area contributed by atoms with Crippen LogP contribution in [0, 0.1) is 0 Å². The quantitative estimate of drug-likeness (QED) is 0.600. The number of piperazine rings is 1. The van der Waals surface area contributed by atoms with Crippen LogP contribution in [-0.2, 0) is 11.2 Å². The Hall–Kier alpha value is -3.67. The highest BCUT2D eigenvalue weighted by Crippen LogP contribution is 2.27. The molecule has 32 heavy (non-hydrogen) atoms. The zero-order valence-electron chi connectivity index (χ0n) is 18.4. The Kier molecular flexibility index (Phi) is 6.50. The van der Waals surface area contributed by atoms with E-state index in [0.717, 1.165) is 16.7 Å². The minimum Gasteiger partial charge on any atom is -0.481 e. The molecule has 6 nitrogen and oxygen atoms in total. The Morgan fingerprint density at radius 1 is 1.06 bits per heavy atom. The Bertz CT molecular complexity index is 1100. The molecule has 0 saturated carbocycles. The molecule has 6 heteroatoms. The molecule has 0 N–H and O–H groups in total. The number of carbonyl (C=O) groups is 2. The maximum absolute atomic E-state index is 13.4. The van der Waals surface area contributed by atoms with E-state index in [1.54, 1.807) is 23.2 Å². The SMILES string of the molecule is CCN1CCN(C(=O)c2ccnc(OC)c2)C(Cc2ccccc2-c2ccccc2)C1=O. The normalized spacial score (nSPS) is 16.2. The van der Waals surface area contributed by atoms with Crippen molar-refractivity contribution < 1.29 is 14.3 Å². The van der Waals surface area contributed by atoms with Crippen LogP contribution in [0.15, 0.2) is 72.9 Å². The number of pyridine rings is 1. The number of carbonyl (C=O) groups excluding carboxylic acids is 2. The van der Waals surface area contributed by atoms with Gasteiger partial charge in [0.15, 0.2) is 0 Å². The third-order valence-electron chi connectivity index (χ3n) is 5.93. The van der Waals surface area contributed by atoms with Crippen LogP contribution in [0.3, 0.4) is 0 Å². The van der Waals surface area contributed by atoms with Crippen molar-refractivity contribution in [3.8, 4) is 17.0 Å². The van der Waals surface area contributed by atoms with Crippen molar-refractivity contribution in [3.05, 3.63) is 84.1 Å². The number of rotatable bonds is 6. The summed E-state index contributed by atoms with van der Waals surface area (Å²) in [6.45, 7) is 3.61. The first-order valence-corrected chi connectivity index (χ1v) is 10.9. The zero-order chi connectivity index (χ0) is 22.5. The number of likely N-dealkylation sites (N-methyl/N-ethyl adjacent to an activating group) is 1. The number of hydrogen-bond donors (Lipinski definition) is 0. The highest BCUT2D eigenvalue weighted by atomic mass is 16.5. The lowest BCUT2D eigenvalue weighted by Crippen LogP contribution is -2.59. The van der Waals surface area contributed by atoms with Crippen LogP contribution in [0.5, 0.6) is 5.88 Å². The zero-order valence-corrected chi connectivity index (χ0v) is 18.4. The standard InChI is InChI=1S/C26H27N3O3/c1-3-28-15-16-29(25(30)21-13-14-27-24(18-21)32-2)23(26(28)31)17-20-11-7-8-12-22(20)19-9-5-4-6-10-19/h4-14,18,23H,3,15-17H2,1-2H3. The number of benzene rings is 2. The first-order valence-electron chi connectivity index (χ1n) is 10.9. The van der Waals surface area contributed by atoms with Gasteiger partial charge in [0.2, 0.25) is 11.8 Å². The molecule has 164 valence electrons. The van der Waals surface area contributed by atoms with E-state index in [2.05, 4.69) is 23.2 Å². The van der Waals surface area contributed by atoms with Gasteiger partial charge in [-0.2, -0.15) is 0 Å². The van der Waals surface area contributed by atoms with Gasteiger partial charge in [0.05, 0.1) is 7.11 Å². The average molecular weight is 430 g/mol. The summed E-state index contributed by atoms with van der Waals surface area (Å²) >= 11 is 0. The van der Waals surface area contributed by atoms with E-state index < -0.39 is 6.04 Å². The van der Waals surface area contributed by atoms with Gasteiger partial charge in [-0.15, -0.1) is 0 Å². The summed E-state index contributed by atoms with van der Waals surface area (Å²) in [5.74, 6) is 0.174. The molecule has 1 saturated heterocycles. The number of aromatic nitrogens is 1. The molecule has 2 amide bonds. The Morgan fingerprint density at radius 3 is 2.56 bits per heavy atom. The van der Waals surface area contributed by atoms with Crippen LogP contribution in [0.1, 0.15) is 22.8 Å². The third kappa shape index (κ3) is 4.35. The van der Waals surface area contributed by atoms with Crippen LogP contribution in [-0.4, -0.2) is 59.4 Å². The van der Waals surface area contributed by atoms with E-state index in [-0.39, 0.29) is 11.8 Å². The van der Waals surface area contributed by atoms with Crippen molar-refractivity contribution in [2.75, 3.05) is 26.7 Å². The topological polar surface area (TPSA) is 62.7 Å². The number of ether oxygens (including phenoxy) is 1. The maximum Gasteiger partial charge on any atom is 0.254 e. The number of nitrogens with zero attached hydrogens (tertiary/aromatic N) is 3. The summed E-state index contributed by atoms with van der Waals surface area (Å²) in [5.41, 5.74) is 3.68. The molecule has 4 rings (SSSR count). The lowest BCUT2D eigenvalue weighted by atomic mass is 9.93. The van der Waals surface area contributed by atoms with Crippen LogP contribution >= 0.6 is 0 Å². The molecular weight excluding hydrogens is 402 g/mol. The van der Waals surface area contributed by atoms with E-state index >= 15 is 0 Å². The molecule has 0 aliphatic carbocycles. The van der Waals surface area contributed by atoms with Gasteiger partial charge in [-0.25, -0.2) is 4.98 Å². The number of methoxy groups -OCH3 is 1. The van der Waals surface area contributed by atoms with Crippen molar-refractivity contribution in [2.24, 2.45) is 0 Å². The second-order valence-electron chi connectivity index (χ2n) is 7.75. The lowest BCUT2D eigenvalue weighted by Gasteiger charge is -2.40. The number of amides is 2. The predicted octanol–water partition coefficient (Wildman–Crippen LogP) is 3.67. The predicted molar refractivity (Wildman–Crippen MR) is 123 cm³/mol. The monoisotopic (exact) mass is 429 g/mol. The highest BCUT2D eigenvalue weighted by molar-refractivity contribution is 5.98. The highest BCUT2D eigenvalue weighted by Gasteiger charge is 2.37. The first kappa shape index (κ1) is 21.6. The van der Waals surface area contributed by atoms with Crippen LogP contribution in [0.4, 0.5) is 0 Å². The lowest BCUT2D eigenvalue weighted by molar-refractivity contribution is -0.139. The summed E-state index contributed by atoms with van der Waals surface area (Å²) < 4.78 is 5.18. The van der Waals surface area contributed by atoms with Gasteiger partial charge in [0.1, 0.15) is 6.04 Å². The maximum atomic E-state index is 13.4. The largest absolute Gasteiger partial charge is 0.481 e. The van der Waals surface area contributed by atoms with E-state index in [9.17, 15) is 9.59 Å². The summed E-state index contributed by atoms with van der Waals surface area (Å²) in [5, 5.41) is 0. The van der Waals surface area contributed by atoms with Gasteiger partial charge >= 0.3 is 0 Å².